The molecule has 2 aromatic rings. The monoisotopic (exact) mass is 389 g/mol. The molecule has 0 radical (unpaired) electrons. The Balaban J connectivity index is 1.54. The Bertz CT molecular complexity index is 877. The van der Waals surface area contributed by atoms with Gasteiger partial charge >= 0.3 is 13.1 Å². The molecule has 1 aliphatic rings. The number of carbonyl (C=O) groups excluding carboxylic acids is 2. The van der Waals surface area contributed by atoms with Crippen molar-refractivity contribution < 1.29 is 32.8 Å². The van der Waals surface area contributed by atoms with Gasteiger partial charge in [0.15, 0.2) is 11.8 Å². The number of halogens is 2. The van der Waals surface area contributed by atoms with E-state index in [9.17, 15) is 23.4 Å². The summed E-state index contributed by atoms with van der Waals surface area (Å²) >= 11 is 0. The number of likely N-dealkylation sites (N-methyl/N-ethyl adjacent to an activating group) is 1. The van der Waals surface area contributed by atoms with E-state index in [0.717, 1.165) is 11.6 Å². The number of ketones is 1. The van der Waals surface area contributed by atoms with Gasteiger partial charge in [-0.2, -0.15) is 0 Å². The molecule has 0 aromatic heterocycles. The number of nitrogens with zero attached hydrogens (tertiary/aromatic N) is 1. The van der Waals surface area contributed by atoms with E-state index in [0.29, 0.717) is 6.42 Å². The fraction of sp³-hybridized carbons (Fsp3) is 0.263. The Morgan fingerprint density at radius 3 is 2.57 bits per heavy atom. The highest BCUT2D eigenvalue weighted by molar-refractivity contribution is 6.61. The van der Waals surface area contributed by atoms with Crippen molar-refractivity contribution in [1.29, 1.82) is 0 Å². The van der Waals surface area contributed by atoms with Crippen molar-refractivity contribution in [3.8, 4) is 5.75 Å². The van der Waals surface area contributed by atoms with Crippen LogP contribution < -0.4 is 10.2 Å². The van der Waals surface area contributed by atoms with E-state index < -0.39 is 24.9 Å². The van der Waals surface area contributed by atoms with Crippen LogP contribution in [0.2, 0.25) is 0 Å². The van der Waals surface area contributed by atoms with Gasteiger partial charge in [-0.05, 0) is 30.8 Å². The number of rotatable bonds is 7. The predicted octanol–water partition coefficient (Wildman–Crippen LogP) is 0.700. The summed E-state index contributed by atoms with van der Waals surface area (Å²) in [5, 5.41) is 9.97. The maximum absolute atomic E-state index is 14.2. The summed E-state index contributed by atoms with van der Waals surface area (Å²) in [6, 6.07) is 8.65. The molecule has 1 saturated heterocycles. The first-order valence-corrected chi connectivity index (χ1v) is 8.63. The number of ether oxygens (including phenoxy) is 1. The van der Waals surface area contributed by atoms with Gasteiger partial charge < -0.3 is 14.4 Å². The highest BCUT2D eigenvalue weighted by Crippen LogP contribution is 2.15. The summed E-state index contributed by atoms with van der Waals surface area (Å²) in [6.45, 7) is 0.381. The molecular weight excluding hydrogens is 371 g/mol. The van der Waals surface area contributed by atoms with Crippen LogP contribution in [0.5, 0.6) is 5.75 Å². The van der Waals surface area contributed by atoms with E-state index in [-0.39, 0.29) is 36.0 Å². The maximum Gasteiger partial charge on any atom is 0.565 e. The lowest BCUT2D eigenvalue weighted by atomic mass is 9.78. The van der Waals surface area contributed by atoms with E-state index in [1.807, 2.05) is 0 Å². The van der Waals surface area contributed by atoms with Gasteiger partial charge in [0.2, 0.25) is 0 Å². The first-order chi connectivity index (χ1) is 13.3. The lowest BCUT2D eigenvalue weighted by molar-refractivity contribution is -0.153. The zero-order chi connectivity index (χ0) is 20.3. The van der Waals surface area contributed by atoms with Crippen molar-refractivity contribution in [2.45, 2.75) is 12.5 Å². The van der Waals surface area contributed by atoms with Crippen molar-refractivity contribution in [2.24, 2.45) is 0 Å². The normalized spacial score (nSPS) is 16.4. The second-order valence-corrected chi connectivity index (χ2v) is 6.48. The Labute approximate surface area is 160 Å². The Morgan fingerprint density at radius 2 is 1.96 bits per heavy atom. The number of carbonyl (C=O) groups is 2. The molecule has 0 saturated carbocycles. The highest BCUT2D eigenvalue weighted by atomic mass is 19.1. The van der Waals surface area contributed by atoms with E-state index in [1.54, 1.807) is 19.2 Å². The molecule has 3 rings (SSSR count). The third-order valence-electron chi connectivity index (χ3n) is 4.41. The number of benzene rings is 2. The van der Waals surface area contributed by atoms with Crippen LogP contribution in [0.15, 0.2) is 42.5 Å². The van der Waals surface area contributed by atoms with Crippen LogP contribution in [0.25, 0.3) is 0 Å². The van der Waals surface area contributed by atoms with Crippen LogP contribution in [0, 0.1) is 11.6 Å². The van der Waals surface area contributed by atoms with Gasteiger partial charge in [-0.3, -0.25) is 14.5 Å². The number of likely N-dealkylation sites (tertiary alicyclic amines) is 1. The standard InChI is InChI=1S/C19H18BF2NO5/c1-23-11-17(24)18(23)19(25)28-20(26)15-7-6-14(10-16(15)22)27-9-8-12-2-4-13(21)5-3-12/h2-7,10,18,26H,8-9,11H2,1H3. The smallest absolute Gasteiger partial charge is 0.504 e. The molecule has 0 bridgehead atoms. The van der Waals surface area contributed by atoms with Gasteiger partial charge in [-0.15, -0.1) is 0 Å². The molecule has 1 N–H and O–H groups in total. The Morgan fingerprint density at radius 1 is 1.25 bits per heavy atom. The summed E-state index contributed by atoms with van der Waals surface area (Å²) in [6.07, 6.45) is 0.507. The zero-order valence-corrected chi connectivity index (χ0v) is 15.1. The molecule has 146 valence electrons. The lowest BCUT2D eigenvalue weighted by Gasteiger charge is -2.34. The third-order valence-corrected chi connectivity index (χ3v) is 4.41. The minimum Gasteiger partial charge on any atom is -0.504 e. The summed E-state index contributed by atoms with van der Waals surface area (Å²) < 4.78 is 37.4. The first-order valence-electron chi connectivity index (χ1n) is 8.63. The fourth-order valence-electron chi connectivity index (χ4n) is 2.84. The molecule has 6 nitrogen and oxygen atoms in total. The average Bonchev–Trinajstić information content (AvgIpc) is 2.63. The predicted molar refractivity (Wildman–Crippen MR) is 97.1 cm³/mol. The second kappa shape index (κ2) is 8.49. The average molecular weight is 389 g/mol. The third kappa shape index (κ3) is 4.55. The molecule has 1 aliphatic heterocycles. The maximum atomic E-state index is 14.2. The molecule has 0 spiro atoms. The SMILES string of the molecule is CN1CC(=O)C1C(=O)OB(O)c1ccc(OCCc2ccc(F)cc2)cc1F. The summed E-state index contributed by atoms with van der Waals surface area (Å²) in [7, 11) is -0.263. The summed E-state index contributed by atoms with van der Waals surface area (Å²) in [5.41, 5.74) is 0.630. The Kier molecular flexibility index (Phi) is 6.06. The molecule has 1 fully saturated rings. The van der Waals surface area contributed by atoms with Gasteiger partial charge in [0, 0.05) is 17.9 Å². The minimum absolute atomic E-state index is 0.133. The largest absolute Gasteiger partial charge is 0.565 e. The van der Waals surface area contributed by atoms with Gasteiger partial charge in [0.25, 0.3) is 0 Å². The quantitative estimate of drug-likeness (QED) is 0.555. The molecule has 1 unspecified atom stereocenters. The number of Topliss-reactive ketones (excluding diaryl/α,β-unsaturated/α-hetero) is 1. The minimum atomic E-state index is -1.83. The number of hydrogen-bond acceptors (Lipinski definition) is 6. The Hall–Kier alpha value is -2.78. The van der Waals surface area contributed by atoms with Gasteiger partial charge in [-0.1, -0.05) is 18.2 Å². The summed E-state index contributed by atoms with van der Waals surface area (Å²) in [4.78, 5) is 24.8. The van der Waals surface area contributed by atoms with Gasteiger partial charge in [-0.25, -0.2) is 8.78 Å². The topological polar surface area (TPSA) is 76.1 Å². The van der Waals surface area contributed by atoms with Crippen molar-refractivity contribution in [3.63, 3.8) is 0 Å². The van der Waals surface area contributed by atoms with E-state index in [2.05, 4.69) is 0 Å². The second-order valence-electron chi connectivity index (χ2n) is 6.48. The summed E-state index contributed by atoms with van der Waals surface area (Å²) in [5.74, 6) is -2.14. The van der Waals surface area contributed by atoms with E-state index >= 15 is 0 Å². The first kappa shape index (κ1) is 20.0. The van der Waals surface area contributed by atoms with Crippen molar-refractivity contribution in [1.82, 2.24) is 4.90 Å². The van der Waals surface area contributed by atoms with Crippen molar-refractivity contribution >= 4 is 24.3 Å². The molecule has 1 atom stereocenters. The van der Waals surface area contributed by atoms with Crippen LogP contribution in [0.3, 0.4) is 0 Å². The molecule has 1 heterocycles. The van der Waals surface area contributed by atoms with E-state index in [4.69, 9.17) is 9.39 Å². The van der Waals surface area contributed by atoms with Crippen molar-refractivity contribution in [2.75, 3.05) is 20.2 Å². The molecule has 9 heteroatoms. The molecular formula is C19H18BF2NO5. The molecule has 0 aliphatic carbocycles. The van der Waals surface area contributed by atoms with Crippen molar-refractivity contribution in [3.05, 3.63) is 59.7 Å². The van der Waals surface area contributed by atoms with Crippen LogP contribution in [0.4, 0.5) is 8.78 Å². The lowest BCUT2D eigenvalue weighted by Crippen LogP contribution is -2.60. The van der Waals surface area contributed by atoms with E-state index in [1.165, 1.54) is 29.2 Å². The fourth-order valence-corrected chi connectivity index (χ4v) is 2.84. The van der Waals surface area contributed by atoms with Gasteiger partial charge in [0.1, 0.15) is 17.4 Å². The number of hydrogen-bond donors (Lipinski definition) is 1. The molecule has 2 aromatic carbocycles. The molecule has 0 amide bonds. The van der Waals surface area contributed by atoms with Crippen LogP contribution in [-0.2, 0) is 20.7 Å². The molecule has 28 heavy (non-hydrogen) atoms. The highest BCUT2D eigenvalue weighted by Gasteiger charge is 2.43. The van der Waals surface area contributed by atoms with Crippen LogP contribution in [-0.4, -0.2) is 55.0 Å². The van der Waals surface area contributed by atoms with Crippen LogP contribution >= 0.6 is 0 Å². The van der Waals surface area contributed by atoms with Crippen LogP contribution in [0.1, 0.15) is 5.56 Å². The van der Waals surface area contributed by atoms with Gasteiger partial charge in [0.05, 0.1) is 13.2 Å². The zero-order valence-electron chi connectivity index (χ0n) is 15.1.